The maximum Gasteiger partial charge on any atom is 0.127 e. The topological polar surface area (TPSA) is 9.23 Å². The van der Waals surface area contributed by atoms with Gasteiger partial charge in [-0.2, -0.15) is 0 Å². The monoisotopic (exact) mass is 264 g/mol. The lowest BCUT2D eigenvalue weighted by atomic mass is 9.91. The van der Waals surface area contributed by atoms with Crippen LogP contribution in [0.25, 0.3) is 10.8 Å². The normalized spacial score (nSPS) is 27.3. The Morgan fingerprint density at radius 1 is 0.950 bits per heavy atom. The molecule has 3 atom stereocenters. The molecule has 4 rings (SSSR count). The first-order valence-electron chi connectivity index (χ1n) is 7.69. The first-order valence-corrected chi connectivity index (χ1v) is 7.69. The van der Waals surface area contributed by atoms with Crippen molar-refractivity contribution in [3.05, 3.63) is 54.6 Å². The molecule has 2 aromatic carbocycles. The van der Waals surface area contributed by atoms with Crippen LogP contribution in [0.2, 0.25) is 0 Å². The van der Waals surface area contributed by atoms with Gasteiger partial charge in [-0.1, -0.05) is 48.6 Å². The minimum atomic E-state index is 0.830. The van der Waals surface area contributed by atoms with Gasteiger partial charge in [0.15, 0.2) is 0 Å². The predicted molar refractivity (Wildman–Crippen MR) is 82.9 cm³/mol. The predicted octanol–water partition coefficient (Wildman–Crippen LogP) is 4.82. The summed E-state index contributed by atoms with van der Waals surface area (Å²) in [5.74, 6) is 3.57. The van der Waals surface area contributed by atoms with Gasteiger partial charge in [0.1, 0.15) is 5.75 Å². The fourth-order valence-electron chi connectivity index (χ4n) is 3.87. The van der Waals surface area contributed by atoms with Crippen molar-refractivity contribution >= 4 is 10.8 Å². The van der Waals surface area contributed by atoms with Crippen LogP contribution < -0.4 is 4.74 Å². The average Bonchev–Trinajstić information content (AvgIpc) is 3.10. The summed E-state index contributed by atoms with van der Waals surface area (Å²) >= 11 is 0. The summed E-state index contributed by atoms with van der Waals surface area (Å²) in [6.45, 7) is 0.843. The van der Waals surface area contributed by atoms with Crippen LogP contribution in [0.3, 0.4) is 0 Å². The van der Waals surface area contributed by atoms with Crippen molar-refractivity contribution in [2.24, 2.45) is 17.8 Å². The van der Waals surface area contributed by atoms with E-state index in [1.165, 1.54) is 30.0 Å². The van der Waals surface area contributed by atoms with Gasteiger partial charge in [-0.25, -0.2) is 0 Å². The van der Waals surface area contributed by atoms with E-state index in [1.807, 2.05) is 0 Å². The number of hydrogen-bond donors (Lipinski definition) is 0. The zero-order chi connectivity index (χ0) is 13.4. The lowest BCUT2D eigenvalue weighted by Crippen LogP contribution is -2.11. The van der Waals surface area contributed by atoms with Crippen molar-refractivity contribution in [2.75, 3.05) is 6.61 Å². The largest absolute Gasteiger partial charge is 0.493 e. The van der Waals surface area contributed by atoms with Crippen LogP contribution in [0.5, 0.6) is 5.75 Å². The zero-order valence-electron chi connectivity index (χ0n) is 11.7. The fourth-order valence-corrected chi connectivity index (χ4v) is 3.87. The Hall–Kier alpha value is -1.76. The Bertz CT molecular complexity index is 638. The van der Waals surface area contributed by atoms with Gasteiger partial charge in [-0.05, 0) is 48.5 Å². The van der Waals surface area contributed by atoms with E-state index in [9.17, 15) is 0 Å². The molecule has 1 heteroatoms. The highest BCUT2D eigenvalue weighted by atomic mass is 16.5. The Balaban J connectivity index is 1.42. The second-order valence-corrected chi connectivity index (χ2v) is 6.15. The Kier molecular flexibility index (Phi) is 2.99. The SMILES string of the molecule is C1=CC2CC1CC2CCOc1cccc2ccccc12. The maximum absolute atomic E-state index is 6.06. The highest BCUT2D eigenvalue weighted by Gasteiger charge is 2.35. The molecule has 0 radical (unpaired) electrons. The summed E-state index contributed by atoms with van der Waals surface area (Å²) in [5, 5.41) is 2.48. The lowest BCUT2D eigenvalue weighted by Gasteiger charge is -2.18. The van der Waals surface area contributed by atoms with Crippen molar-refractivity contribution in [2.45, 2.75) is 19.3 Å². The van der Waals surface area contributed by atoms with Gasteiger partial charge in [-0.3, -0.25) is 0 Å². The molecule has 0 aromatic heterocycles. The summed E-state index contributed by atoms with van der Waals surface area (Å²) in [4.78, 5) is 0. The molecular formula is C19H20O. The highest BCUT2D eigenvalue weighted by Crippen LogP contribution is 2.44. The molecule has 1 nitrogen and oxygen atoms in total. The van der Waals surface area contributed by atoms with Crippen LogP contribution in [0.15, 0.2) is 54.6 Å². The molecule has 2 bridgehead atoms. The molecule has 3 unspecified atom stereocenters. The van der Waals surface area contributed by atoms with E-state index in [0.29, 0.717) is 0 Å². The second kappa shape index (κ2) is 4.97. The number of benzene rings is 2. The summed E-state index contributed by atoms with van der Waals surface area (Å²) in [6.07, 6.45) is 8.79. The third-order valence-corrected chi connectivity index (χ3v) is 4.91. The third kappa shape index (κ3) is 2.11. The average molecular weight is 264 g/mol. The van der Waals surface area contributed by atoms with Crippen molar-refractivity contribution in [3.8, 4) is 5.75 Å². The molecular weight excluding hydrogens is 244 g/mol. The fraction of sp³-hybridized carbons (Fsp3) is 0.368. The van der Waals surface area contributed by atoms with Gasteiger partial charge >= 0.3 is 0 Å². The van der Waals surface area contributed by atoms with E-state index in [4.69, 9.17) is 4.74 Å². The van der Waals surface area contributed by atoms with Crippen molar-refractivity contribution in [1.29, 1.82) is 0 Å². The van der Waals surface area contributed by atoms with E-state index < -0.39 is 0 Å². The van der Waals surface area contributed by atoms with E-state index in [2.05, 4.69) is 54.6 Å². The molecule has 102 valence electrons. The molecule has 0 heterocycles. The van der Waals surface area contributed by atoms with Gasteiger partial charge in [0.05, 0.1) is 6.61 Å². The number of hydrogen-bond acceptors (Lipinski definition) is 1. The highest BCUT2D eigenvalue weighted by molar-refractivity contribution is 5.88. The molecule has 0 N–H and O–H groups in total. The van der Waals surface area contributed by atoms with E-state index >= 15 is 0 Å². The number of fused-ring (bicyclic) bond motifs is 3. The van der Waals surface area contributed by atoms with Crippen LogP contribution in [0, 0.1) is 17.8 Å². The van der Waals surface area contributed by atoms with Crippen LogP contribution in [0.4, 0.5) is 0 Å². The number of ether oxygens (including phenoxy) is 1. The molecule has 2 aromatic rings. The van der Waals surface area contributed by atoms with Gasteiger partial charge in [0.25, 0.3) is 0 Å². The maximum atomic E-state index is 6.06. The summed E-state index contributed by atoms with van der Waals surface area (Å²) in [6, 6.07) is 14.8. The van der Waals surface area contributed by atoms with Crippen LogP contribution in [-0.2, 0) is 0 Å². The summed E-state index contributed by atoms with van der Waals surface area (Å²) in [5.41, 5.74) is 0. The number of allylic oxidation sites excluding steroid dienone is 2. The second-order valence-electron chi connectivity index (χ2n) is 6.15. The van der Waals surface area contributed by atoms with E-state index in [1.54, 1.807) is 0 Å². The van der Waals surface area contributed by atoms with Crippen molar-refractivity contribution < 1.29 is 4.74 Å². The molecule has 2 aliphatic rings. The van der Waals surface area contributed by atoms with E-state index in [0.717, 1.165) is 30.1 Å². The molecule has 1 saturated carbocycles. The Labute approximate surface area is 120 Å². The Morgan fingerprint density at radius 3 is 2.70 bits per heavy atom. The van der Waals surface area contributed by atoms with Gasteiger partial charge in [-0.15, -0.1) is 0 Å². The smallest absolute Gasteiger partial charge is 0.127 e. The van der Waals surface area contributed by atoms with Crippen LogP contribution in [0.1, 0.15) is 19.3 Å². The first kappa shape index (κ1) is 12.0. The number of rotatable bonds is 4. The molecule has 20 heavy (non-hydrogen) atoms. The van der Waals surface area contributed by atoms with Crippen LogP contribution in [-0.4, -0.2) is 6.61 Å². The van der Waals surface area contributed by atoms with Gasteiger partial charge < -0.3 is 4.74 Å². The molecule has 0 spiro atoms. The standard InChI is InChI=1S/C19H20O/c1-2-6-18-15(4-1)5-3-7-19(18)20-11-10-17-13-14-8-9-16(17)12-14/h1-9,14,16-17H,10-13H2. The van der Waals surface area contributed by atoms with E-state index in [-0.39, 0.29) is 0 Å². The zero-order valence-corrected chi connectivity index (χ0v) is 11.7. The summed E-state index contributed by atoms with van der Waals surface area (Å²) < 4.78 is 6.06. The Morgan fingerprint density at radius 2 is 1.85 bits per heavy atom. The molecule has 0 saturated heterocycles. The quantitative estimate of drug-likeness (QED) is 0.719. The van der Waals surface area contributed by atoms with Gasteiger partial charge in [0.2, 0.25) is 0 Å². The minimum Gasteiger partial charge on any atom is -0.493 e. The summed E-state index contributed by atoms with van der Waals surface area (Å²) in [7, 11) is 0. The minimum absolute atomic E-state index is 0.830. The van der Waals surface area contributed by atoms with Crippen molar-refractivity contribution in [1.82, 2.24) is 0 Å². The lowest BCUT2D eigenvalue weighted by molar-refractivity contribution is 0.265. The van der Waals surface area contributed by atoms with Crippen molar-refractivity contribution in [3.63, 3.8) is 0 Å². The third-order valence-electron chi connectivity index (χ3n) is 4.91. The molecule has 1 fully saturated rings. The van der Waals surface area contributed by atoms with Gasteiger partial charge in [0, 0.05) is 5.39 Å². The molecule has 0 amide bonds. The molecule has 0 aliphatic heterocycles. The first-order chi connectivity index (χ1) is 9.90. The van der Waals surface area contributed by atoms with Crippen LogP contribution >= 0.6 is 0 Å². The molecule has 2 aliphatic carbocycles.